The van der Waals surface area contributed by atoms with Crippen molar-refractivity contribution in [3.05, 3.63) is 132 Å². The van der Waals surface area contributed by atoms with E-state index in [-0.39, 0.29) is 0 Å². The maximum atomic E-state index is 2.34. The molecule has 0 radical (unpaired) electrons. The monoisotopic (exact) mass is 458 g/mol. The topological polar surface area (TPSA) is 0 Å². The summed E-state index contributed by atoms with van der Waals surface area (Å²) in [4.78, 5) is 0. The minimum atomic E-state index is 1.26. The van der Waals surface area contributed by atoms with Gasteiger partial charge in [0.25, 0.3) is 0 Å². The number of aryl methyl sites for hydroxylation is 2. The Balaban J connectivity index is 1.30. The van der Waals surface area contributed by atoms with Gasteiger partial charge in [0, 0.05) is 0 Å². The van der Waals surface area contributed by atoms with Crippen LogP contribution < -0.4 is 0 Å². The van der Waals surface area contributed by atoms with Gasteiger partial charge in [0.15, 0.2) is 0 Å². The summed E-state index contributed by atoms with van der Waals surface area (Å²) in [5, 5.41) is 2.71. The van der Waals surface area contributed by atoms with E-state index in [4.69, 9.17) is 0 Å². The third kappa shape index (κ3) is 3.15. The van der Waals surface area contributed by atoms with E-state index in [0.717, 1.165) is 0 Å². The second-order valence-corrected chi connectivity index (χ2v) is 9.86. The van der Waals surface area contributed by atoms with Crippen molar-refractivity contribution < 1.29 is 0 Å². The minimum Gasteiger partial charge on any atom is -0.0622 e. The highest BCUT2D eigenvalue weighted by molar-refractivity contribution is 6.18. The van der Waals surface area contributed by atoms with Gasteiger partial charge < -0.3 is 0 Å². The molecule has 6 aromatic rings. The van der Waals surface area contributed by atoms with Crippen molar-refractivity contribution in [3.63, 3.8) is 0 Å². The molecule has 0 spiro atoms. The summed E-state index contributed by atoms with van der Waals surface area (Å²) in [6, 6.07) is 44.5. The molecule has 170 valence electrons. The highest BCUT2D eigenvalue weighted by Gasteiger charge is 2.22. The first-order valence-electron chi connectivity index (χ1n) is 12.6. The Kier molecular flexibility index (Phi) is 4.69. The zero-order valence-electron chi connectivity index (χ0n) is 20.5. The van der Waals surface area contributed by atoms with Crippen LogP contribution in [0.1, 0.15) is 11.1 Å². The van der Waals surface area contributed by atoms with Crippen LogP contribution in [-0.4, -0.2) is 0 Å². The SMILES string of the molecule is Cc1cc(-c2ccc(-c3ccc4c5c(cccc35)-c3ccccc3-4)cc2)c(C)cc1-c1ccccc1. The molecule has 7 rings (SSSR count). The highest BCUT2D eigenvalue weighted by Crippen LogP contribution is 2.49. The zero-order valence-corrected chi connectivity index (χ0v) is 20.5. The number of hydrogen-bond acceptors (Lipinski definition) is 0. The van der Waals surface area contributed by atoms with Gasteiger partial charge in [0.1, 0.15) is 0 Å². The summed E-state index contributed by atoms with van der Waals surface area (Å²) in [5.74, 6) is 0. The Morgan fingerprint density at radius 2 is 0.806 bits per heavy atom. The molecule has 36 heavy (non-hydrogen) atoms. The maximum Gasteiger partial charge on any atom is -0.00201 e. The fraction of sp³-hybridized carbons (Fsp3) is 0.0556. The van der Waals surface area contributed by atoms with Crippen molar-refractivity contribution in [2.75, 3.05) is 0 Å². The summed E-state index contributed by atoms with van der Waals surface area (Å²) in [6.07, 6.45) is 0. The molecule has 0 N–H and O–H groups in total. The summed E-state index contributed by atoms with van der Waals surface area (Å²) >= 11 is 0. The van der Waals surface area contributed by atoms with Crippen LogP contribution in [0.25, 0.3) is 66.4 Å². The fourth-order valence-corrected chi connectivity index (χ4v) is 5.95. The lowest BCUT2D eigenvalue weighted by molar-refractivity contribution is 1.39. The van der Waals surface area contributed by atoms with Crippen LogP contribution in [-0.2, 0) is 0 Å². The highest BCUT2D eigenvalue weighted by atomic mass is 14.2. The molecule has 0 saturated heterocycles. The van der Waals surface area contributed by atoms with Gasteiger partial charge in [-0.25, -0.2) is 0 Å². The van der Waals surface area contributed by atoms with Gasteiger partial charge in [0.05, 0.1) is 0 Å². The van der Waals surface area contributed by atoms with Crippen molar-refractivity contribution in [1.82, 2.24) is 0 Å². The van der Waals surface area contributed by atoms with E-state index in [9.17, 15) is 0 Å². The molecule has 0 aliphatic heterocycles. The molecule has 0 amide bonds. The zero-order chi connectivity index (χ0) is 24.2. The second kappa shape index (κ2) is 8.07. The molecular formula is C36H26. The first kappa shape index (κ1) is 20.9. The molecule has 0 fully saturated rings. The van der Waals surface area contributed by atoms with Gasteiger partial charge in [-0.1, -0.05) is 121 Å². The summed E-state index contributed by atoms with van der Waals surface area (Å²) in [7, 11) is 0. The van der Waals surface area contributed by atoms with Gasteiger partial charge in [-0.2, -0.15) is 0 Å². The molecule has 0 atom stereocenters. The first-order valence-corrected chi connectivity index (χ1v) is 12.6. The largest absolute Gasteiger partial charge is 0.0622 e. The molecule has 0 unspecified atom stereocenters. The van der Waals surface area contributed by atoms with E-state index in [1.54, 1.807) is 0 Å². The third-order valence-corrected chi connectivity index (χ3v) is 7.71. The lowest BCUT2D eigenvalue weighted by Crippen LogP contribution is -1.90. The van der Waals surface area contributed by atoms with E-state index < -0.39 is 0 Å². The normalized spacial score (nSPS) is 11.6. The maximum absolute atomic E-state index is 2.34. The third-order valence-electron chi connectivity index (χ3n) is 7.71. The number of rotatable bonds is 3. The molecular weight excluding hydrogens is 432 g/mol. The van der Waals surface area contributed by atoms with Gasteiger partial charge in [-0.3, -0.25) is 0 Å². The van der Waals surface area contributed by atoms with Gasteiger partial charge >= 0.3 is 0 Å². The summed E-state index contributed by atoms with van der Waals surface area (Å²) in [5.41, 5.74) is 15.7. The van der Waals surface area contributed by atoms with Crippen molar-refractivity contribution in [2.24, 2.45) is 0 Å². The molecule has 0 nitrogen and oxygen atoms in total. The van der Waals surface area contributed by atoms with E-state index in [1.165, 1.54) is 77.5 Å². The molecule has 0 heterocycles. The van der Waals surface area contributed by atoms with Gasteiger partial charge in [-0.15, -0.1) is 0 Å². The molecule has 0 bridgehead atoms. The Morgan fingerprint density at radius 3 is 1.44 bits per heavy atom. The molecule has 1 aliphatic rings. The van der Waals surface area contributed by atoms with E-state index in [0.29, 0.717) is 0 Å². The minimum absolute atomic E-state index is 1.26. The van der Waals surface area contributed by atoms with Crippen LogP contribution in [0.2, 0.25) is 0 Å². The Hall–Kier alpha value is -4.42. The molecule has 0 heteroatoms. The van der Waals surface area contributed by atoms with E-state index in [1.807, 2.05) is 0 Å². The van der Waals surface area contributed by atoms with Crippen LogP contribution in [0.5, 0.6) is 0 Å². The average Bonchev–Trinajstić information content (AvgIpc) is 3.26. The molecule has 6 aromatic carbocycles. The standard InChI is InChI=1S/C36H26/c1-23-22-35(24(2)21-34(23)25-9-4-3-5-10-25)27-17-15-26(16-18-27)28-19-20-33-30-12-7-6-11-29(30)32-14-8-13-31(28)36(32)33/h3-22H,1-2H3. The van der Waals surface area contributed by atoms with Crippen LogP contribution in [0.15, 0.2) is 121 Å². The average molecular weight is 459 g/mol. The van der Waals surface area contributed by atoms with Crippen molar-refractivity contribution in [2.45, 2.75) is 13.8 Å². The molecule has 0 aromatic heterocycles. The summed E-state index contributed by atoms with van der Waals surface area (Å²) in [6.45, 7) is 4.43. The predicted octanol–water partition coefficient (Wildman–Crippen LogP) is 10.1. The van der Waals surface area contributed by atoms with Crippen LogP contribution in [0.3, 0.4) is 0 Å². The van der Waals surface area contributed by atoms with Crippen molar-refractivity contribution >= 4 is 10.8 Å². The van der Waals surface area contributed by atoms with Gasteiger partial charge in [0.2, 0.25) is 0 Å². The van der Waals surface area contributed by atoms with Crippen molar-refractivity contribution in [3.8, 4) is 55.6 Å². The number of benzene rings is 6. The number of hydrogen-bond donors (Lipinski definition) is 0. The van der Waals surface area contributed by atoms with E-state index >= 15 is 0 Å². The van der Waals surface area contributed by atoms with Crippen molar-refractivity contribution in [1.29, 1.82) is 0 Å². The first-order chi connectivity index (χ1) is 17.7. The van der Waals surface area contributed by atoms with E-state index in [2.05, 4.69) is 135 Å². The molecule has 1 aliphatic carbocycles. The van der Waals surface area contributed by atoms with Crippen LogP contribution in [0.4, 0.5) is 0 Å². The van der Waals surface area contributed by atoms with Crippen LogP contribution in [0, 0.1) is 13.8 Å². The predicted molar refractivity (Wildman–Crippen MR) is 154 cm³/mol. The lowest BCUT2D eigenvalue weighted by atomic mass is 9.90. The fourth-order valence-electron chi connectivity index (χ4n) is 5.95. The number of fused-ring (bicyclic) bond motifs is 3. The Labute approximate surface area is 212 Å². The summed E-state index contributed by atoms with van der Waals surface area (Å²) < 4.78 is 0. The molecule has 0 saturated carbocycles. The van der Waals surface area contributed by atoms with Crippen LogP contribution >= 0.6 is 0 Å². The Bertz CT molecular complexity index is 1740. The second-order valence-electron chi connectivity index (χ2n) is 9.86. The smallest absolute Gasteiger partial charge is 0.00201 e. The quantitative estimate of drug-likeness (QED) is 0.247. The lowest BCUT2D eigenvalue weighted by Gasteiger charge is -2.14. The van der Waals surface area contributed by atoms with Gasteiger partial charge in [-0.05, 0) is 91.4 Å². The Morgan fingerprint density at radius 1 is 0.333 bits per heavy atom.